The van der Waals surface area contributed by atoms with Crippen molar-refractivity contribution in [1.82, 2.24) is 0 Å². The number of benzene rings is 2. The molecular weight excluding hydrogens is 326 g/mol. The second-order valence-electron chi connectivity index (χ2n) is 5.37. The molecule has 7 heteroatoms. The summed E-state index contributed by atoms with van der Waals surface area (Å²) in [5.74, 6) is -1.66. The summed E-state index contributed by atoms with van der Waals surface area (Å²) in [7, 11) is 0. The topological polar surface area (TPSA) is 119 Å². The minimum atomic E-state index is -1.35. The SMILES string of the molecule is N[C@@H](CC(Oc1ccc(OCc2ccccc2)cc1)C(=O)O)C(=O)O. The van der Waals surface area contributed by atoms with Crippen molar-refractivity contribution in [3.8, 4) is 11.5 Å². The van der Waals surface area contributed by atoms with E-state index in [2.05, 4.69) is 0 Å². The standard InChI is InChI=1S/C18H19NO6/c19-15(17(20)21)10-16(18(22)23)25-14-8-6-13(7-9-14)24-11-12-4-2-1-3-5-12/h1-9,15-16H,10-11,19H2,(H,20,21)(H,22,23)/t15-,16?/m0/s1. The molecule has 25 heavy (non-hydrogen) atoms. The molecule has 0 aliphatic rings. The van der Waals surface area contributed by atoms with Crippen LogP contribution in [0.3, 0.4) is 0 Å². The number of rotatable bonds is 9. The number of hydrogen-bond acceptors (Lipinski definition) is 5. The summed E-state index contributed by atoms with van der Waals surface area (Å²) >= 11 is 0. The van der Waals surface area contributed by atoms with Gasteiger partial charge in [-0.05, 0) is 29.8 Å². The molecule has 0 heterocycles. The quantitative estimate of drug-likeness (QED) is 0.635. The Bertz CT molecular complexity index is 701. The van der Waals surface area contributed by atoms with Gasteiger partial charge in [-0.2, -0.15) is 0 Å². The first-order chi connectivity index (χ1) is 12.0. The first kappa shape index (κ1) is 18.3. The zero-order valence-corrected chi connectivity index (χ0v) is 13.4. The fraction of sp³-hybridized carbons (Fsp3) is 0.222. The predicted octanol–water partition coefficient (Wildman–Crippen LogP) is 1.90. The van der Waals surface area contributed by atoms with Gasteiger partial charge >= 0.3 is 11.9 Å². The van der Waals surface area contributed by atoms with Crippen LogP contribution in [0, 0.1) is 0 Å². The van der Waals surface area contributed by atoms with E-state index in [9.17, 15) is 9.59 Å². The van der Waals surface area contributed by atoms with Crippen molar-refractivity contribution in [2.75, 3.05) is 0 Å². The van der Waals surface area contributed by atoms with E-state index in [-0.39, 0.29) is 12.2 Å². The second-order valence-corrected chi connectivity index (χ2v) is 5.37. The van der Waals surface area contributed by atoms with E-state index in [0.29, 0.717) is 12.4 Å². The lowest BCUT2D eigenvalue weighted by Crippen LogP contribution is -2.39. The number of carboxylic acids is 2. The van der Waals surface area contributed by atoms with E-state index < -0.39 is 24.1 Å². The van der Waals surface area contributed by atoms with Crippen molar-refractivity contribution in [3.63, 3.8) is 0 Å². The van der Waals surface area contributed by atoms with Crippen LogP contribution in [-0.2, 0) is 16.2 Å². The Labute approximate surface area is 144 Å². The van der Waals surface area contributed by atoms with E-state index in [0.717, 1.165) is 5.56 Å². The summed E-state index contributed by atoms with van der Waals surface area (Å²) in [5, 5.41) is 17.9. The average Bonchev–Trinajstić information content (AvgIpc) is 2.61. The third-order valence-corrected chi connectivity index (χ3v) is 3.41. The van der Waals surface area contributed by atoms with Gasteiger partial charge in [0, 0.05) is 6.42 Å². The lowest BCUT2D eigenvalue weighted by molar-refractivity contribution is -0.146. The Kier molecular flexibility index (Phi) is 6.36. The van der Waals surface area contributed by atoms with E-state index in [1.165, 1.54) is 0 Å². The molecular formula is C18H19NO6. The molecule has 2 aromatic rings. The summed E-state index contributed by atoms with van der Waals surface area (Å²) in [6, 6.07) is 14.8. The van der Waals surface area contributed by atoms with Crippen molar-refractivity contribution in [2.45, 2.75) is 25.2 Å². The van der Waals surface area contributed by atoms with Crippen molar-refractivity contribution < 1.29 is 29.3 Å². The molecule has 7 nitrogen and oxygen atoms in total. The molecule has 0 spiro atoms. The lowest BCUT2D eigenvalue weighted by atomic mass is 10.1. The van der Waals surface area contributed by atoms with E-state index in [1.54, 1.807) is 24.3 Å². The maximum atomic E-state index is 11.2. The van der Waals surface area contributed by atoms with Gasteiger partial charge in [0.15, 0.2) is 6.10 Å². The fourth-order valence-electron chi connectivity index (χ4n) is 2.05. The van der Waals surface area contributed by atoms with Gasteiger partial charge in [-0.25, -0.2) is 4.79 Å². The van der Waals surface area contributed by atoms with Gasteiger partial charge in [0.1, 0.15) is 24.1 Å². The number of carboxylic acid groups (broad SMARTS) is 2. The van der Waals surface area contributed by atoms with Crippen LogP contribution in [0.5, 0.6) is 11.5 Å². The van der Waals surface area contributed by atoms with Gasteiger partial charge in [-0.3, -0.25) is 4.79 Å². The van der Waals surface area contributed by atoms with E-state index in [4.69, 9.17) is 25.4 Å². The molecule has 0 aliphatic heterocycles. The number of hydrogen-bond donors (Lipinski definition) is 3. The van der Waals surface area contributed by atoms with E-state index in [1.807, 2.05) is 30.3 Å². The monoisotopic (exact) mass is 345 g/mol. The van der Waals surface area contributed by atoms with Crippen LogP contribution in [0.1, 0.15) is 12.0 Å². The molecule has 0 bridgehead atoms. The highest BCUT2D eigenvalue weighted by atomic mass is 16.5. The van der Waals surface area contributed by atoms with Gasteiger partial charge in [-0.1, -0.05) is 30.3 Å². The van der Waals surface area contributed by atoms with Crippen LogP contribution in [0.25, 0.3) is 0 Å². The molecule has 4 N–H and O–H groups in total. The Hall–Kier alpha value is -3.06. The molecule has 2 atom stereocenters. The lowest BCUT2D eigenvalue weighted by Gasteiger charge is -2.17. The third kappa shape index (κ3) is 5.82. The summed E-state index contributed by atoms with van der Waals surface area (Å²) < 4.78 is 10.9. The summed E-state index contributed by atoms with van der Waals surface area (Å²) in [6.07, 6.45) is -1.68. The van der Waals surface area contributed by atoms with Crippen LogP contribution < -0.4 is 15.2 Å². The van der Waals surface area contributed by atoms with Gasteiger partial charge in [0.05, 0.1) is 0 Å². The van der Waals surface area contributed by atoms with Crippen molar-refractivity contribution in [2.24, 2.45) is 5.73 Å². The van der Waals surface area contributed by atoms with Crippen molar-refractivity contribution in [3.05, 3.63) is 60.2 Å². The molecule has 132 valence electrons. The van der Waals surface area contributed by atoms with Crippen LogP contribution in [-0.4, -0.2) is 34.3 Å². The molecule has 0 fully saturated rings. The van der Waals surface area contributed by atoms with Crippen LogP contribution in [0.2, 0.25) is 0 Å². The summed E-state index contributed by atoms with van der Waals surface area (Å²) in [5.41, 5.74) is 6.39. The zero-order chi connectivity index (χ0) is 18.2. The number of nitrogens with two attached hydrogens (primary N) is 1. The van der Waals surface area contributed by atoms with Crippen LogP contribution >= 0.6 is 0 Å². The Balaban J connectivity index is 1.93. The molecule has 0 saturated carbocycles. The molecule has 0 saturated heterocycles. The predicted molar refractivity (Wildman–Crippen MR) is 89.5 cm³/mol. The Morgan fingerprint density at radius 2 is 1.52 bits per heavy atom. The van der Waals surface area contributed by atoms with Gasteiger partial charge < -0.3 is 25.4 Å². The normalized spacial score (nSPS) is 12.8. The molecule has 0 amide bonds. The summed E-state index contributed by atoms with van der Waals surface area (Å²) in [6.45, 7) is 0.409. The smallest absolute Gasteiger partial charge is 0.344 e. The highest BCUT2D eigenvalue weighted by Crippen LogP contribution is 2.20. The second kappa shape index (κ2) is 8.70. The molecule has 0 aromatic heterocycles. The van der Waals surface area contributed by atoms with Crippen molar-refractivity contribution in [1.29, 1.82) is 0 Å². The minimum absolute atomic E-state index is 0.289. The highest BCUT2D eigenvalue weighted by Gasteiger charge is 2.26. The molecule has 0 radical (unpaired) electrons. The van der Waals surface area contributed by atoms with E-state index >= 15 is 0 Å². The first-order valence-electron chi connectivity index (χ1n) is 7.60. The molecule has 0 aliphatic carbocycles. The molecule has 2 aromatic carbocycles. The Morgan fingerprint density at radius 3 is 2.08 bits per heavy atom. The van der Waals surface area contributed by atoms with Crippen LogP contribution in [0.15, 0.2) is 54.6 Å². The van der Waals surface area contributed by atoms with Gasteiger partial charge in [0.25, 0.3) is 0 Å². The Morgan fingerprint density at radius 1 is 0.920 bits per heavy atom. The fourth-order valence-corrected chi connectivity index (χ4v) is 2.05. The van der Waals surface area contributed by atoms with Gasteiger partial charge in [0.2, 0.25) is 0 Å². The third-order valence-electron chi connectivity index (χ3n) is 3.41. The molecule has 1 unspecified atom stereocenters. The number of carbonyl (C=O) groups is 2. The minimum Gasteiger partial charge on any atom is -0.489 e. The maximum absolute atomic E-state index is 11.2. The summed E-state index contributed by atoms with van der Waals surface area (Å²) in [4.78, 5) is 21.9. The zero-order valence-electron chi connectivity index (χ0n) is 13.4. The van der Waals surface area contributed by atoms with Crippen molar-refractivity contribution >= 4 is 11.9 Å². The van der Waals surface area contributed by atoms with Crippen LogP contribution in [0.4, 0.5) is 0 Å². The number of aliphatic carboxylic acids is 2. The average molecular weight is 345 g/mol. The number of ether oxygens (including phenoxy) is 2. The first-order valence-corrected chi connectivity index (χ1v) is 7.60. The largest absolute Gasteiger partial charge is 0.489 e. The highest BCUT2D eigenvalue weighted by molar-refractivity contribution is 5.77. The molecule has 2 rings (SSSR count). The van der Waals surface area contributed by atoms with Gasteiger partial charge in [-0.15, -0.1) is 0 Å². The maximum Gasteiger partial charge on any atom is 0.344 e.